The molecule has 0 radical (unpaired) electrons. The summed E-state index contributed by atoms with van der Waals surface area (Å²) in [6.45, 7) is 5.37. The van der Waals surface area contributed by atoms with Crippen LogP contribution in [0.2, 0.25) is 10.0 Å². The summed E-state index contributed by atoms with van der Waals surface area (Å²) in [5.74, 6) is -0.0166. The number of carbonyl (C=O) groups is 1. The van der Waals surface area contributed by atoms with Gasteiger partial charge in [0, 0.05) is 30.3 Å². The number of carbonyl (C=O) groups excluding carboxylic acids is 1. The number of urea groups is 1. The SMILES string of the molecule is CC(C)[C@H]1CN(C(=O)Nc2ccc(Cl)cc2)CCN1C(=Nc1ccc(F)cc1Cl)NC#N. The van der Waals surface area contributed by atoms with E-state index in [0.717, 1.165) is 0 Å². The first-order valence-corrected chi connectivity index (χ1v) is 10.8. The minimum absolute atomic E-state index is 0.112. The lowest BCUT2D eigenvalue weighted by atomic mass is 10.00. The van der Waals surface area contributed by atoms with E-state index in [2.05, 4.69) is 15.6 Å². The van der Waals surface area contributed by atoms with Crippen LogP contribution in [0.3, 0.4) is 0 Å². The highest BCUT2D eigenvalue weighted by Crippen LogP contribution is 2.27. The molecule has 1 saturated heterocycles. The van der Waals surface area contributed by atoms with Gasteiger partial charge in [0.05, 0.1) is 16.8 Å². The zero-order valence-electron chi connectivity index (χ0n) is 17.6. The third-order valence-corrected chi connectivity index (χ3v) is 5.70. The molecule has 2 amide bonds. The molecule has 1 heterocycles. The van der Waals surface area contributed by atoms with Crippen LogP contribution in [0.25, 0.3) is 0 Å². The third kappa shape index (κ3) is 5.81. The Hall–Kier alpha value is -3.02. The Morgan fingerprint density at radius 2 is 1.94 bits per heavy atom. The first kappa shape index (κ1) is 23.6. The molecule has 3 rings (SSSR count). The smallest absolute Gasteiger partial charge is 0.321 e. The summed E-state index contributed by atoms with van der Waals surface area (Å²) in [6.07, 6.45) is 1.90. The van der Waals surface area contributed by atoms with Gasteiger partial charge >= 0.3 is 6.03 Å². The van der Waals surface area contributed by atoms with Gasteiger partial charge in [-0.2, -0.15) is 5.26 Å². The summed E-state index contributed by atoms with van der Waals surface area (Å²) in [6, 6.07) is 10.5. The normalized spacial score (nSPS) is 16.7. The molecule has 32 heavy (non-hydrogen) atoms. The zero-order valence-corrected chi connectivity index (χ0v) is 19.2. The van der Waals surface area contributed by atoms with Crippen LogP contribution in [-0.2, 0) is 0 Å². The molecule has 0 unspecified atom stereocenters. The van der Waals surface area contributed by atoms with Crippen molar-refractivity contribution in [2.24, 2.45) is 10.9 Å². The lowest BCUT2D eigenvalue weighted by Crippen LogP contribution is -2.60. The standard InChI is InChI=1S/C22H23Cl2FN6O/c1-14(2)20-12-30(22(32)28-17-6-3-15(23)4-7-17)9-10-31(20)21(27-13-26)29-19-8-5-16(25)11-18(19)24/h3-8,11,14,20H,9-10,12H2,1-2H3,(H,27,29)(H,28,32)/t20-/m1/s1. The molecule has 168 valence electrons. The zero-order chi connectivity index (χ0) is 23.3. The van der Waals surface area contributed by atoms with Gasteiger partial charge in [-0.3, -0.25) is 5.32 Å². The number of nitrogens with one attached hydrogen (secondary N) is 2. The van der Waals surface area contributed by atoms with Gasteiger partial charge in [-0.25, -0.2) is 14.2 Å². The van der Waals surface area contributed by atoms with E-state index in [-0.39, 0.29) is 23.0 Å². The Bertz CT molecular complexity index is 1040. The van der Waals surface area contributed by atoms with Crippen molar-refractivity contribution < 1.29 is 9.18 Å². The Kier molecular flexibility index (Phi) is 7.78. The van der Waals surface area contributed by atoms with E-state index < -0.39 is 5.82 Å². The van der Waals surface area contributed by atoms with Crippen LogP contribution in [0.1, 0.15) is 13.8 Å². The molecule has 10 heteroatoms. The maximum atomic E-state index is 13.4. The second kappa shape index (κ2) is 10.5. The fourth-order valence-electron chi connectivity index (χ4n) is 3.46. The van der Waals surface area contributed by atoms with Crippen molar-refractivity contribution >= 4 is 46.6 Å². The van der Waals surface area contributed by atoms with Gasteiger partial charge in [0.1, 0.15) is 5.82 Å². The molecule has 1 atom stereocenters. The lowest BCUT2D eigenvalue weighted by molar-refractivity contribution is 0.118. The van der Waals surface area contributed by atoms with Crippen molar-refractivity contribution in [3.8, 4) is 6.19 Å². The van der Waals surface area contributed by atoms with Crippen molar-refractivity contribution in [3.05, 3.63) is 58.3 Å². The molecule has 7 nitrogen and oxygen atoms in total. The van der Waals surface area contributed by atoms with E-state index in [1.54, 1.807) is 29.2 Å². The highest BCUT2D eigenvalue weighted by Gasteiger charge is 2.33. The maximum absolute atomic E-state index is 13.4. The van der Waals surface area contributed by atoms with Crippen LogP contribution >= 0.6 is 23.2 Å². The largest absolute Gasteiger partial charge is 0.335 e. The molecule has 2 N–H and O–H groups in total. The molecule has 0 saturated carbocycles. The number of hydrogen-bond acceptors (Lipinski definition) is 3. The number of piperazine rings is 1. The van der Waals surface area contributed by atoms with Crippen molar-refractivity contribution in [3.63, 3.8) is 0 Å². The number of benzene rings is 2. The molecule has 2 aromatic rings. The van der Waals surface area contributed by atoms with Gasteiger partial charge in [0.25, 0.3) is 0 Å². The topological polar surface area (TPSA) is 83.8 Å². The van der Waals surface area contributed by atoms with E-state index in [4.69, 9.17) is 23.2 Å². The summed E-state index contributed by atoms with van der Waals surface area (Å²) >= 11 is 12.0. The van der Waals surface area contributed by atoms with Crippen LogP contribution < -0.4 is 10.6 Å². The molecule has 1 fully saturated rings. The highest BCUT2D eigenvalue weighted by atomic mass is 35.5. The van der Waals surface area contributed by atoms with Crippen molar-refractivity contribution in [1.29, 1.82) is 5.26 Å². The average Bonchev–Trinajstić information content (AvgIpc) is 2.76. The van der Waals surface area contributed by atoms with Gasteiger partial charge in [-0.1, -0.05) is 37.0 Å². The van der Waals surface area contributed by atoms with Gasteiger partial charge in [-0.05, 0) is 48.4 Å². The number of guanidine groups is 1. The molecule has 0 bridgehead atoms. The lowest BCUT2D eigenvalue weighted by Gasteiger charge is -2.44. The summed E-state index contributed by atoms with van der Waals surface area (Å²) in [5, 5.41) is 15.5. The van der Waals surface area contributed by atoms with Gasteiger partial charge in [0.15, 0.2) is 6.19 Å². The first-order valence-electron chi connectivity index (χ1n) is 10.1. The van der Waals surface area contributed by atoms with Crippen LogP contribution in [0.15, 0.2) is 47.5 Å². The Labute approximate surface area is 196 Å². The molecule has 1 aliphatic heterocycles. The van der Waals surface area contributed by atoms with E-state index in [9.17, 15) is 14.4 Å². The quantitative estimate of drug-likeness (QED) is 0.280. The van der Waals surface area contributed by atoms with Crippen LogP contribution in [0.4, 0.5) is 20.6 Å². The van der Waals surface area contributed by atoms with E-state index in [0.29, 0.717) is 42.0 Å². The Morgan fingerprint density at radius 3 is 2.56 bits per heavy atom. The van der Waals surface area contributed by atoms with E-state index in [1.807, 2.05) is 24.9 Å². The summed E-state index contributed by atoms with van der Waals surface area (Å²) in [4.78, 5) is 20.9. The predicted octanol–water partition coefficient (Wildman–Crippen LogP) is 5.06. The van der Waals surface area contributed by atoms with Crippen molar-refractivity contribution in [1.82, 2.24) is 15.1 Å². The number of hydrogen-bond donors (Lipinski definition) is 2. The molecule has 2 aromatic carbocycles. The molecule has 0 spiro atoms. The molecule has 0 aliphatic carbocycles. The molecule has 0 aromatic heterocycles. The van der Waals surface area contributed by atoms with Crippen LogP contribution in [-0.4, -0.2) is 47.5 Å². The highest BCUT2D eigenvalue weighted by molar-refractivity contribution is 6.33. The van der Waals surface area contributed by atoms with E-state index >= 15 is 0 Å². The van der Waals surface area contributed by atoms with Gasteiger partial charge in [0.2, 0.25) is 5.96 Å². The fraction of sp³-hybridized carbons (Fsp3) is 0.318. The average molecular weight is 477 g/mol. The second-order valence-electron chi connectivity index (χ2n) is 7.66. The third-order valence-electron chi connectivity index (χ3n) is 5.15. The maximum Gasteiger partial charge on any atom is 0.321 e. The number of amides is 2. The Balaban J connectivity index is 1.79. The number of rotatable bonds is 3. The summed E-state index contributed by atoms with van der Waals surface area (Å²) < 4.78 is 13.4. The number of nitrogens with zero attached hydrogens (tertiary/aromatic N) is 4. The fourth-order valence-corrected chi connectivity index (χ4v) is 3.80. The second-order valence-corrected chi connectivity index (χ2v) is 8.50. The number of aliphatic imine (C=N–C) groups is 1. The summed E-state index contributed by atoms with van der Waals surface area (Å²) in [5.41, 5.74) is 0.999. The minimum atomic E-state index is -0.468. The van der Waals surface area contributed by atoms with Crippen LogP contribution in [0, 0.1) is 23.2 Å². The molecular formula is C22H23Cl2FN6O. The predicted molar refractivity (Wildman–Crippen MR) is 125 cm³/mol. The van der Waals surface area contributed by atoms with Gasteiger partial charge < -0.3 is 15.1 Å². The Morgan fingerprint density at radius 1 is 1.22 bits per heavy atom. The molecule has 1 aliphatic rings. The van der Waals surface area contributed by atoms with E-state index in [1.165, 1.54) is 18.2 Å². The van der Waals surface area contributed by atoms with Crippen molar-refractivity contribution in [2.75, 3.05) is 25.0 Å². The first-order chi connectivity index (χ1) is 15.3. The number of anilines is 1. The number of nitriles is 1. The summed E-state index contributed by atoms with van der Waals surface area (Å²) in [7, 11) is 0. The molecular weight excluding hydrogens is 454 g/mol. The van der Waals surface area contributed by atoms with Crippen molar-refractivity contribution in [2.45, 2.75) is 19.9 Å². The monoisotopic (exact) mass is 476 g/mol. The van der Waals surface area contributed by atoms with Gasteiger partial charge in [-0.15, -0.1) is 0 Å². The van der Waals surface area contributed by atoms with Crippen LogP contribution in [0.5, 0.6) is 0 Å². The number of halogens is 3. The minimum Gasteiger partial charge on any atom is -0.335 e.